The summed E-state index contributed by atoms with van der Waals surface area (Å²) >= 11 is 5.91. The monoisotopic (exact) mass is 338 g/mol. The van der Waals surface area contributed by atoms with Crippen LogP contribution in [0.1, 0.15) is 25.7 Å². The van der Waals surface area contributed by atoms with E-state index in [1.807, 2.05) is 12.1 Å². The number of halogens is 1. The van der Waals surface area contributed by atoms with Gasteiger partial charge in [0.05, 0.1) is 6.04 Å². The third kappa shape index (κ3) is 4.04. The SMILES string of the molecule is O=C1CC[C@@H](C(O)NCC2CCOCC2)N1c1ccc(Cl)cc1. The number of carbonyl (C=O) groups excluding carboxylic acids is 1. The zero-order chi connectivity index (χ0) is 16.2. The molecule has 2 fully saturated rings. The fourth-order valence-corrected chi connectivity index (χ4v) is 3.44. The van der Waals surface area contributed by atoms with Crippen LogP contribution in [0.2, 0.25) is 5.02 Å². The summed E-state index contributed by atoms with van der Waals surface area (Å²) in [5.74, 6) is 0.573. The molecule has 5 nitrogen and oxygen atoms in total. The van der Waals surface area contributed by atoms with Crippen molar-refractivity contribution < 1.29 is 14.6 Å². The van der Waals surface area contributed by atoms with E-state index < -0.39 is 6.23 Å². The van der Waals surface area contributed by atoms with Gasteiger partial charge in [-0.1, -0.05) is 11.6 Å². The second-order valence-corrected chi connectivity index (χ2v) is 6.69. The van der Waals surface area contributed by atoms with E-state index in [1.165, 1.54) is 0 Å². The van der Waals surface area contributed by atoms with Crippen LogP contribution in [0.5, 0.6) is 0 Å². The summed E-state index contributed by atoms with van der Waals surface area (Å²) in [5, 5.41) is 14.4. The lowest BCUT2D eigenvalue weighted by Crippen LogP contribution is -2.49. The molecule has 0 aromatic heterocycles. The number of aliphatic hydroxyl groups is 1. The van der Waals surface area contributed by atoms with Crippen molar-refractivity contribution >= 4 is 23.2 Å². The normalized spacial score (nSPS) is 24.2. The number of anilines is 1. The van der Waals surface area contributed by atoms with E-state index in [2.05, 4.69) is 5.32 Å². The lowest BCUT2D eigenvalue weighted by molar-refractivity contribution is -0.117. The number of ether oxygens (including phenoxy) is 1. The molecule has 1 aromatic carbocycles. The van der Waals surface area contributed by atoms with E-state index in [0.717, 1.165) is 38.3 Å². The predicted octanol–water partition coefficient (Wildman–Crippen LogP) is 2.17. The van der Waals surface area contributed by atoms with Gasteiger partial charge in [-0.3, -0.25) is 10.1 Å². The Morgan fingerprint density at radius 2 is 1.96 bits per heavy atom. The standard InChI is InChI=1S/C17H23ClN2O3/c18-13-1-3-14(4-2-13)20-15(5-6-16(20)21)17(22)19-11-12-7-9-23-10-8-12/h1-4,12,15,17,19,22H,5-11H2/t15-,17?/m0/s1. The van der Waals surface area contributed by atoms with Gasteiger partial charge in [0, 0.05) is 36.9 Å². The summed E-state index contributed by atoms with van der Waals surface area (Å²) in [6.45, 7) is 2.34. The molecule has 0 saturated carbocycles. The zero-order valence-electron chi connectivity index (χ0n) is 13.1. The maximum Gasteiger partial charge on any atom is 0.227 e. The van der Waals surface area contributed by atoms with E-state index in [4.69, 9.17) is 16.3 Å². The molecule has 1 amide bonds. The molecular formula is C17H23ClN2O3. The fourth-order valence-electron chi connectivity index (χ4n) is 3.32. The highest BCUT2D eigenvalue weighted by molar-refractivity contribution is 6.30. The van der Waals surface area contributed by atoms with Gasteiger partial charge in [-0.05, 0) is 49.4 Å². The summed E-state index contributed by atoms with van der Waals surface area (Å²) in [5.41, 5.74) is 0.786. The van der Waals surface area contributed by atoms with Crippen LogP contribution in [0, 0.1) is 5.92 Å². The third-order valence-corrected chi connectivity index (χ3v) is 4.93. The van der Waals surface area contributed by atoms with Gasteiger partial charge in [0.2, 0.25) is 5.91 Å². The van der Waals surface area contributed by atoms with Gasteiger partial charge >= 0.3 is 0 Å². The van der Waals surface area contributed by atoms with E-state index in [-0.39, 0.29) is 11.9 Å². The molecular weight excluding hydrogens is 316 g/mol. The largest absolute Gasteiger partial charge is 0.381 e. The van der Waals surface area contributed by atoms with Crippen molar-refractivity contribution in [2.24, 2.45) is 5.92 Å². The van der Waals surface area contributed by atoms with Gasteiger partial charge in [-0.15, -0.1) is 0 Å². The summed E-state index contributed by atoms with van der Waals surface area (Å²) in [4.78, 5) is 13.9. The molecule has 0 radical (unpaired) electrons. The van der Waals surface area contributed by atoms with Gasteiger partial charge in [-0.25, -0.2) is 0 Å². The van der Waals surface area contributed by atoms with Crippen LogP contribution in [0.15, 0.2) is 24.3 Å². The Kier molecular flexibility index (Phi) is 5.54. The molecule has 3 rings (SSSR count). The van der Waals surface area contributed by atoms with Crippen LogP contribution >= 0.6 is 11.6 Å². The minimum Gasteiger partial charge on any atom is -0.381 e. The number of amides is 1. The number of rotatable bonds is 5. The maximum atomic E-state index is 12.2. The van der Waals surface area contributed by atoms with Crippen molar-refractivity contribution in [2.45, 2.75) is 38.0 Å². The number of hydrogen-bond donors (Lipinski definition) is 2. The van der Waals surface area contributed by atoms with Gasteiger partial charge in [0.1, 0.15) is 6.23 Å². The molecule has 2 heterocycles. The molecule has 2 saturated heterocycles. The second kappa shape index (κ2) is 7.62. The molecule has 2 aliphatic heterocycles. The number of benzene rings is 1. The summed E-state index contributed by atoms with van der Waals surface area (Å²) in [7, 11) is 0. The summed E-state index contributed by atoms with van der Waals surface area (Å²) in [6.07, 6.45) is 2.43. The van der Waals surface area contributed by atoms with Crippen LogP contribution < -0.4 is 10.2 Å². The molecule has 6 heteroatoms. The maximum absolute atomic E-state index is 12.2. The highest BCUT2D eigenvalue weighted by atomic mass is 35.5. The highest BCUT2D eigenvalue weighted by Crippen LogP contribution is 2.29. The lowest BCUT2D eigenvalue weighted by atomic mass is 10.00. The Morgan fingerprint density at radius 3 is 2.65 bits per heavy atom. The van der Waals surface area contributed by atoms with Gasteiger partial charge < -0.3 is 14.7 Å². The molecule has 2 aliphatic rings. The molecule has 0 spiro atoms. The number of carbonyl (C=O) groups is 1. The molecule has 0 aliphatic carbocycles. The fraction of sp³-hybridized carbons (Fsp3) is 0.588. The molecule has 1 aromatic rings. The minimum absolute atomic E-state index is 0.0456. The lowest BCUT2D eigenvalue weighted by Gasteiger charge is -2.31. The summed E-state index contributed by atoms with van der Waals surface area (Å²) in [6, 6.07) is 6.94. The number of nitrogens with zero attached hydrogens (tertiary/aromatic N) is 1. The van der Waals surface area contributed by atoms with Gasteiger partial charge in [0.15, 0.2) is 0 Å². The first-order valence-corrected chi connectivity index (χ1v) is 8.60. The highest BCUT2D eigenvalue weighted by Gasteiger charge is 2.36. The molecule has 0 bridgehead atoms. The first-order chi connectivity index (χ1) is 11.1. The Labute approximate surface area is 141 Å². The van der Waals surface area contributed by atoms with Gasteiger partial charge in [0.25, 0.3) is 0 Å². The van der Waals surface area contributed by atoms with Crippen LogP contribution in [0.3, 0.4) is 0 Å². The van der Waals surface area contributed by atoms with Crippen molar-refractivity contribution in [3.05, 3.63) is 29.3 Å². The van der Waals surface area contributed by atoms with Gasteiger partial charge in [-0.2, -0.15) is 0 Å². The first kappa shape index (κ1) is 16.7. The molecule has 2 N–H and O–H groups in total. The molecule has 2 atom stereocenters. The van der Waals surface area contributed by atoms with Crippen molar-refractivity contribution in [2.75, 3.05) is 24.7 Å². The van der Waals surface area contributed by atoms with Crippen LogP contribution in [-0.4, -0.2) is 43.0 Å². The van der Waals surface area contributed by atoms with Crippen LogP contribution in [0.4, 0.5) is 5.69 Å². The quantitative estimate of drug-likeness (QED) is 0.808. The minimum atomic E-state index is -0.722. The number of hydrogen-bond acceptors (Lipinski definition) is 4. The average molecular weight is 339 g/mol. The Bertz CT molecular complexity index is 531. The van der Waals surface area contributed by atoms with Crippen molar-refractivity contribution in [3.63, 3.8) is 0 Å². The van der Waals surface area contributed by atoms with E-state index in [0.29, 0.717) is 23.8 Å². The van der Waals surface area contributed by atoms with E-state index >= 15 is 0 Å². The second-order valence-electron chi connectivity index (χ2n) is 6.26. The molecule has 1 unspecified atom stereocenters. The third-order valence-electron chi connectivity index (χ3n) is 4.68. The Morgan fingerprint density at radius 1 is 1.26 bits per heavy atom. The van der Waals surface area contributed by atoms with E-state index in [9.17, 15) is 9.90 Å². The van der Waals surface area contributed by atoms with Crippen molar-refractivity contribution in [1.82, 2.24) is 5.32 Å². The topological polar surface area (TPSA) is 61.8 Å². The smallest absolute Gasteiger partial charge is 0.227 e. The van der Waals surface area contributed by atoms with Crippen molar-refractivity contribution in [1.29, 1.82) is 0 Å². The molecule has 23 heavy (non-hydrogen) atoms. The van der Waals surface area contributed by atoms with Crippen molar-refractivity contribution in [3.8, 4) is 0 Å². The Hall–Kier alpha value is -1.14. The average Bonchev–Trinajstić information content (AvgIpc) is 2.96. The van der Waals surface area contributed by atoms with Crippen LogP contribution in [0.25, 0.3) is 0 Å². The first-order valence-electron chi connectivity index (χ1n) is 8.22. The molecule has 126 valence electrons. The zero-order valence-corrected chi connectivity index (χ0v) is 13.8. The number of nitrogens with one attached hydrogen (secondary N) is 1. The predicted molar refractivity (Wildman–Crippen MR) is 89.5 cm³/mol. The van der Waals surface area contributed by atoms with Crippen LogP contribution in [-0.2, 0) is 9.53 Å². The Balaban J connectivity index is 1.62. The number of aliphatic hydroxyl groups excluding tert-OH is 1. The van der Waals surface area contributed by atoms with E-state index in [1.54, 1.807) is 17.0 Å². The summed E-state index contributed by atoms with van der Waals surface area (Å²) < 4.78 is 5.35.